The van der Waals surface area contributed by atoms with E-state index in [0.717, 1.165) is 29.9 Å². The first kappa shape index (κ1) is 16.7. The van der Waals surface area contributed by atoms with Crippen LogP contribution in [0, 0.1) is 0 Å². The average Bonchev–Trinajstić information content (AvgIpc) is 3.11. The fraction of sp³-hybridized carbons (Fsp3) is 0.300. The average molecular weight is 376 g/mol. The molecular formula is C20H20N6O2. The van der Waals surface area contributed by atoms with Gasteiger partial charge in [-0.15, -0.1) is 0 Å². The van der Waals surface area contributed by atoms with Crippen LogP contribution in [-0.2, 0) is 13.1 Å². The Morgan fingerprint density at radius 2 is 2.18 bits per heavy atom. The number of benzene rings is 1. The van der Waals surface area contributed by atoms with E-state index in [1.54, 1.807) is 13.1 Å². The molecule has 0 bridgehead atoms. The van der Waals surface area contributed by atoms with Gasteiger partial charge < -0.3 is 14.0 Å². The van der Waals surface area contributed by atoms with E-state index in [9.17, 15) is 4.79 Å². The maximum atomic E-state index is 12.7. The third kappa shape index (κ3) is 3.17. The van der Waals surface area contributed by atoms with E-state index in [-0.39, 0.29) is 12.5 Å². The molecule has 1 fully saturated rings. The molecule has 1 aliphatic carbocycles. The highest BCUT2D eigenvalue weighted by Gasteiger charge is 2.29. The quantitative estimate of drug-likeness (QED) is 0.558. The molecule has 0 unspecified atom stereocenters. The summed E-state index contributed by atoms with van der Waals surface area (Å²) >= 11 is 0. The van der Waals surface area contributed by atoms with Crippen molar-refractivity contribution in [2.45, 2.75) is 31.8 Å². The number of nitrogens with zero attached hydrogens (tertiary/aromatic N) is 5. The fourth-order valence-electron chi connectivity index (χ4n) is 3.32. The number of hydrogen-bond acceptors (Lipinski definition) is 5. The van der Waals surface area contributed by atoms with Crippen molar-refractivity contribution in [1.82, 2.24) is 29.8 Å². The second kappa shape index (κ2) is 6.63. The maximum absolute atomic E-state index is 12.7. The third-order valence-electron chi connectivity index (χ3n) is 5.02. The van der Waals surface area contributed by atoms with E-state index in [2.05, 4.69) is 43.1 Å². The van der Waals surface area contributed by atoms with Crippen LogP contribution in [0.2, 0.25) is 0 Å². The minimum atomic E-state index is -0.189. The van der Waals surface area contributed by atoms with Crippen LogP contribution in [0.4, 0.5) is 0 Å². The summed E-state index contributed by atoms with van der Waals surface area (Å²) in [6.07, 6.45) is 4.26. The number of carbonyl (C=O) groups is 1. The zero-order chi connectivity index (χ0) is 19.1. The molecule has 5 rings (SSSR count). The number of rotatable bonds is 6. The van der Waals surface area contributed by atoms with Gasteiger partial charge in [0.2, 0.25) is 5.89 Å². The van der Waals surface area contributed by atoms with Crippen LogP contribution in [-0.4, -0.2) is 42.8 Å². The Kier molecular flexibility index (Phi) is 3.96. The number of fused-ring (bicyclic) bond motifs is 1. The summed E-state index contributed by atoms with van der Waals surface area (Å²) in [4.78, 5) is 18.6. The number of hydrogen-bond donors (Lipinski definition) is 1. The van der Waals surface area contributed by atoms with Crippen molar-refractivity contribution in [1.29, 1.82) is 0 Å². The number of amides is 1. The molecule has 3 heterocycles. The van der Waals surface area contributed by atoms with Crippen LogP contribution in [0.1, 0.15) is 46.7 Å². The highest BCUT2D eigenvalue weighted by atomic mass is 16.5. The summed E-state index contributed by atoms with van der Waals surface area (Å²) in [7, 11) is 1.71. The molecule has 1 amide bonds. The summed E-state index contributed by atoms with van der Waals surface area (Å²) in [6.45, 7) is 0.884. The topological polar surface area (TPSA) is 92.8 Å². The molecule has 4 aromatic rings. The largest absolute Gasteiger partial charge is 0.341 e. The molecule has 1 N–H and O–H groups in total. The van der Waals surface area contributed by atoms with Gasteiger partial charge in [0.25, 0.3) is 5.91 Å². The van der Waals surface area contributed by atoms with E-state index in [4.69, 9.17) is 4.52 Å². The van der Waals surface area contributed by atoms with Gasteiger partial charge in [-0.3, -0.25) is 9.89 Å². The lowest BCUT2D eigenvalue weighted by atomic mass is 10.2. The molecule has 8 nitrogen and oxygen atoms in total. The summed E-state index contributed by atoms with van der Waals surface area (Å²) in [5.41, 5.74) is 2.38. The van der Waals surface area contributed by atoms with E-state index >= 15 is 0 Å². The molecule has 0 atom stereocenters. The van der Waals surface area contributed by atoms with Gasteiger partial charge in [0.05, 0.1) is 12.2 Å². The molecule has 1 aliphatic rings. The van der Waals surface area contributed by atoms with Crippen molar-refractivity contribution in [3.05, 3.63) is 65.7 Å². The first-order chi connectivity index (χ1) is 13.7. The van der Waals surface area contributed by atoms with Gasteiger partial charge >= 0.3 is 0 Å². The predicted molar refractivity (Wildman–Crippen MR) is 102 cm³/mol. The highest BCUT2D eigenvalue weighted by Crippen LogP contribution is 2.38. The monoisotopic (exact) mass is 376 g/mol. The molecule has 8 heteroatoms. The highest BCUT2D eigenvalue weighted by molar-refractivity contribution is 5.92. The molecule has 0 radical (unpaired) electrons. The Hall–Kier alpha value is -3.42. The van der Waals surface area contributed by atoms with Crippen LogP contribution in [0.3, 0.4) is 0 Å². The molecule has 3 aromatic heterocycles. The Bertz CT molecular complexity index is 1140. The molecule has 0 spiro atoms. The van der Waals surface area contributed by atoms with Crippen LogP contribution in [0.5, 0.6) is 0 Å². The van der Waals surface area contributed by atoms with E-state index in [1.165, 1.54) is 10.3 Å². The van der Waals surface area contributed by atoms with Gasteiger partial charge in [0, 0.05) is 24.7 Å². The lowest BCUT2D eigenvalue weighted by molar-refractivity contribution is 0.0763. The number of aromatic amines is 1. The minimum absolute atomic E-state index is 0.189. The van der Waals surface area contributed by atoms with E-state index < -0.39 is 0 Å². The SMILES string of the molecule is CN(Cc1nc(C2CC2)no1)C(=O)c1cc(Cn2ccc3ccccc32)[nH]n1. The number of H-pyrrole nitrogens is 1. The van der Waals surface area contributed by atoms with E-state index in [1.807, 2.05) is 18.3 Å². The molecule has 0 saturated heterocycles. The second-order valence-corrected chi connectivity index (χ2v) is 7.26. The number of nitrogens with one attached hydrogen (secondary N) is 1. The predicted octanol–water partition coefficient (Wildman–Crippen LogP) is 2.95. The molecule has 1 aromatic carbocycles. The standard InChI is InChI=1S/C20H20N6O2/c1-25(12-18-21-19(24-28-18)14-6-7-14)20(27)16-10-15(22-23-16)11-26-9-8-13-4-2-3-5-17(13)26/h2-5,8-10,14H,6-7,11-12H2,1H3,(H,22,23). The van der Waals surface area contributed by atoms with Crippen molar-refractivity contribution in [3.63, 3.8) is 0 Å². The van der Waals surface area contributed by atoms with Gasteiger partial charge in [-0.25, -0.2) is 0 Å². The molecule has 28 heavy (non-hydrogen) atoms. The van der Waals surface area contributed by atoms with Gasteiger partial charge in [-0.1, -0.05) is 23.4 Å². The first-order valence-corrected chi connectivity index (χ1v) is 9.33. The zero-order valence-corrected chi connectivity index (χ0v) is 15.5. The van der Waals surface area contributed by atoms with Crippen molar-refractivity contribution in [2.24, 2.45) is 0 Å². The Morgan fingerprint density at radius 1 is 1.32 bits per heavy atom. The van der Waals surface area contributed by atoms with Gasteiger partial charge in [0.1, 0.15) is 12.2 Å². The Morgan fingerprint density at radius 3 is 3.04 bits per heavy atom. The van der Waals surface area contributed by atoms with E-state index in [0.29, 0.717) is 24.0 Å². The van der Waals surface area contributed by atoms with Crippen molar-refractivity contribution in [2.75, 3.05) is 7.05 Å². The lowest BCUT2D eigenvalue weighted by Crippen LogP contribution is -2.26. The zero-order valence-electron chi connectivity index (χ0n) is 15.5. The summed E-state index contributed by atoms with van der Waals surface area (Å²) < 4.78 is 7.38. The van der Waals surface area contributed by atoms with Crippen molar-refractivity contribution >= 4 is 16.8 Å². The second-order valence-electron chi connectivity index (χ2n) is 7.26. The van der Waals surface area contributed by atoms with Crippen LogP contribution in [0.25, 0.3) is 10.9 Å². The summed E-state index contributed by atoms with van der Waals surface area (Å²) in [5, 5.41) is 12.3. The molecule has 0 aliphatic heterocycles. The number of aromatic nitrogens is 5. The van der Waals surface area contributed by atoms with Gasteiger partial charge in [-0.2, -0.15) is 10.1 Å². The fourth-order valence-corrected chi connectivity index (χ4v) is 3.32. The van der Waals surface area contributed by atoms with Crippen molar-refractivity contribution in [3.8, 4) is 0 Å². The Balaban J connectivity index is 1.27. The third-order valence-corrected chi connectivity index (χ3v) is 5.02. The Labute approximate surface area is 161 Å². The smallest absolute Gasteiger partial charge is 0.274 e. The first-order valence-electron chi connectivity index (χ1n) is 9.33. The van der Waals surface area contributed by atoms with Crippen LogP contribution < -0.4 is 0 Å². The van der Waals surface area contributed by atoms with Crippen molar-refractivity contribution < 1.29 is 9.32 Å². The van der Waals surface area contributed by atoms with Crippen LogP contribution >= 0.6 is 0 Å². The van der Waals surface area contributed by atoms with Gasteiger partial charge in [-0.05, 0) is 36.4 Å². The van der Waals surface area contributed by atoms with Crippen LogP contribution in [0.15, 0.2) is 47.1 Å². The number of carbonyl (C=O) groups excluding carboxylic acids is 1. The summed E-state index contributed by atoms with van der Waals surface area (Å²) in [5.74, 6) is 1.44. The number of para-hydroxylation sites is 1. The van der Waals surface area contributed by atoms with Gasteiger partial charge in [0.15, 0.2) is 5.82 Å². The maximum Gasteiger partial charge on any atom is 0.274 e. The molecule has 142 valence electrons. The summed E-state index contributed by atoms with van der Waals surface area (Å²) in [6, 6.07) is 12.1. The lowest BCUT2D eigenvalue weighted by Gasteiger charge is -2.12. The minimum Gasteiger partial charge on any atom is -0.341 e. The normalized spacial score (nSPS) is 13.9. The molecule has 1 saturated carbocycles. The molecular weight excluding hydrogens is 356 g/mol.